The maximum Gasteiger partial charge on any atom is 0.319 e. The monoisotopic (exact) mass is 201 g/mol. The van der Waals surface area contributed by atoms with Gasteiger partial charge >= 0.3 is 5.97 Å². The van der Waals surface area contributed by atoms with Crippen molar-refractivity contribution < 1.29 is 14.3 Å². The predicted octanol–water partition coefficient (Wildman–Crippen LogP) is 0.564. The van der Waals surface area contributed by atoms with Gasteiger partial charge in [0.1, 0.15) is 0 Å². The summed E-state index contributed by atoms with van der Waals surface area (Å²) >= 11 is 0. The molecular formula is C10H19NO3. The average Bonchev–Trinajstić information content (AvgIpc) is 2.67. The van der Waals surface area contributed by atoms with Crippen molar-refractivity contribution in [3.8, 4) is 0 Å². The van der Waals surface area contributed by atoms with Crippen LogP contribution in [0.15, 0.2) is 0 Å². The Hall–Kier alpha value is -0.610. The molecule has 0 amide bonds. The van der Waals surface area contributed by atoms with E-state index in [1.807, 2.05) is 6.92 Å². The van der Waals surface area contributed by atoms with Gasteiger partial charge in [0.05, 0.1) is 19.8 Å². The standard InChI is InChI=1S/C10H19NO3/c1-3-14-10(12)6-11-8(2)9-4-5-13-7-9/h8-9,11H,3-7H2,1-2H3. The third kappa shape index (κ3) is 3.64. The first-order valence-electron chi connectivity index (χ1n) is 5.20. The smallest absolute Gasteiger partial charge is 0.319 e. The largest absolute Gasteiger partial charge is 0.465 e. The van der Waals surface area contributed by atoms with Gasteiger partial charge in [0.15, 0.2) is 0 Å². The minimum Gasteiger partial charge on any atom is -0.465 e. The summed E-state index contributed by atoms with van der Waals surface area (Å²) in [5.41, 5.74) is 0. The zero-order valence-corrected chi connectivity index (χ0v) is 8.91. The van der Waals surface area contributed by atoms with E-state index in [1.165, 1.54) is 0 Å². The number of nitrogens with one attached hydrogen (secondary N) is 1. The van der Waals surface area contributed by atoms with E-state index in [9.17, 15) is 4.79 Å². The lowest BCUT2D eigenvalue weighted by molar-refractivity contribution is -0.142. The van der Waals surface area contributed by atoms with Gasteiger partial charge in [0.2, 0.25) is 0 Å². The van der Waals surface area contributed by atoms with Crippen LogP contribution in [0.3, 0.4) is 0 Å². The number of hydrogen-bond donors (Lipinski definition) is 1. The van der Waals surface area contributed by atoms with Crippen molar-refractivity contribution in [1.29, 1.82) is 0 Å². The molecule has 1 N–H and O–H groups in total. The highest BCUT2D eigenvalue weighted by atomic mass is 16.5. The molecule has 0 aromatic carbocycles. The molecule has 1 rings (SSSR count). The molecule has 1 fully saturated rings. The van der Waals surface area contributed by atoms with Crippen LogP contribution >= 0.6 is 0 Å². The number of hydrogen-bond acceptors (Lipinski definition) is 4. The molecule has 0 bridgehead atoms. The average molecular weight is 201 g/mol. The fourth-order valence-corrected chi connectivity index (χ4v) is 1.57. The van der Waals surface area contributed by atoms with Crippen molar-refractivity contribution in [3.05, 3.63) is 0 Å². The lowest BCUT2D eigenvalue weighted by Gasteiger charge is -2.18. The number of esters is 1. The van der Waals surface area contributed by atoms with Crippen LogP contribution in [0.1, 0.15) is 20.3 Å². The van der Waals surface area contributed by atoms with Crippen molar-refractivity contribution >= 4 is 5.97 Å². The van der Waals surface area contributed by atoms with Crippen LogP contribution in [0.4, 0.5) is 0 Å². The summed E-state index contributed by atoms with van der Waals surface area (Å²) in [7, 11) is 0. The Morgan fingerprint density at radius 1 is 1.71 bits per heavy atom. The second-order valence-electron chi connectivity index (χ2n) is 3.60. The normalized spacial score (nSPS) is 23.4. The molecule has 0 aliphatic carbocycles. The van der Waals surface area contributed by atoms with Gasteiger partial charge in [-0.2, -0.15) is 0 Å². The van der Waals surface area contributed by atoms with E-state index in [-0.39, 0.29) is 5.97 Å². The second-order valence-corrected chi connectivity index (χ2v) is 3.60. The van der Waals surface area contributed by atoms with Gasteiger partial charge in [-0.3, -0.25) is 4.79 Å². The lowest BCUT2D eigenvalue weighted by atomic mass is 10.0. The highest BCUT2D eigenvalue weighted by Gasteiger charge is 2.22. The van der Waals surface area contributed by atoms with E-state index in [1.54, 1.807) is 0 Å². The Balaban J connectivity index is 2.13. The Labute approximate surface area is 85.0 Å². The van der Waals surface area contributed by atoms with E-state index in [0.29, 0.717) is 25.1 Å². The zero-order chi connectivity index (χ0) is 10.4. The molecule has 1 aliphatic rings. The topological polar surface area (TPSA) is 47.6 Å². The molecule has 82 valence electrons. The van der Waals surface area contributed by atoms with Gasteiger partial charge in [-0.05, 0) is 26.2 Å². The molecule has 4 heteroatoms. The molecule has 14 heavy (non-hydrogen) atoms. The molecule has 1 heterocycles. The van der Waals surface area contributed by atoms with E-state index in [0.717, 1.165) is 19.6 Å². The van der Waals surface area contributed by atoms with Gasteiger partial charge in [-0.25, -0.2) is 0 Å². The summed E-state index contributed by atoms with van der Waals surface area (Å²) in [6.45, 7) is 6.28. The first kappa shape index (κ1) is 11.5. The second kappa shape index (κ2) is 5.98. The number of carbonyl (C=O) groups excluding carboxylic acids is 1. The van der Waals surface area contributed by atoms with Crippen molar-refractivity contribution in [2.75, 3.05) is 26.4 Å². The van der Waals surface area contributed by atoms with Crippen LogP contribution in [0.2, 0.25) is 0 Å². The Bertz CT molecular complexity index is 178. The minimum atomic E-state index is -0.182. The molecule has 0 saturated carbocycles. The molecule has 2 atom stereocenters. The quantitative estimate of drug-likeness (QED) is 0.660. The van der Waals surface area contributed by atoms with Gasteiger partial charge in [0, 0.05) is 12.6 Å². The summed E-state index contributed by atoms with van der Waals surface area (Å²) in [4.78, 5) is 11.0. The fourth-order valence-electron chi connectivity index (χ4n) is 1.57. The minimum absolute atomic E-state index is 0.182. The number of rotatable bonds is 5. The SMILES string of the molecule is CCOC(=O)CNC(C)C1CCOC1. The fraction of sp³-hybridized carbons (Fsp3) is 0.900. The number of carbonyl (C=O) groups is 1. The summed E-state index contributed by atoms with van der Waals surface area (Å²) in [6, 6.07) is 0.321. The van der Waals surface area contributed by atoms with Gasteiger partial charge in [0.25, 0.3) is 0 Å². The number of ether oxygens (including phenoxy) is 2. The third-order valence-corrected chi connectivity index (χ3v) is 2.55. The van der Waals surface area contributed by atoms with Crippen molar-refractivity contribution in [3.63, 3.8) is 0 Å². The zero-order valence-electron chi connectivity index (χ0n) is 8.91. The van der Waals surface area contributed by atoms with Gasteiger partial charge in [-0.1, -0.05) is 0 Å². The summed E-state index contributed by atoms with van der Waals surface area (Å²) in [5.74, 6) is 0.350. The maximum absolute atomic E-state index is 11.0. The van der Waals surface area contributed by atoms with E-state index < -0.39 is 0 Å². The summed E-state index contributed by atoms with van der Waals surface area (Å²) in [5, 5.41) is 3.15. The molecular weight excluding hydrogens is 182 g/mol. The Morgan fingerprint density at radius 3 is 3.07 bits per heavy atom. The first-order valence-corrected chi connectivity index (χ1v) is 5.20. The molecule has 0 aromatic rings. The van der Waals surface area contributed by atoms with Gasteiger partial charge < -0.3 is 14.8 Å². The van der Waals surface area contributed by atoms with Crippen LogP contribution < -0.4 is 5.32 Å². The Morgan fingerprint density at radius 2 is 2.50 bits per heavy atom. The van der Waals surface area contributed by atoms with Crippen LogP contribution in [-0.2, 0) is 14.3 Å². The van der Waals surface area contributed by atoms with Crippen molar-refractivity contribution in [2.24, 2.45) is 5.92 Å². The molecule has 0 radical (unpaired) electrons. The molecule has 0 aromatic heterocycles. The molecule has 2 unspecified atom stereocenters. The van der Waals surface area contributed by atoms with Crippen molar-refractivity contribution in [1.82, 2.24) is 5.32 Å². The third-order valence-electron chi connectivity index (χ3n) is 2.55. The van der Waals surface area contributed by atoms with Crippen LogP contribution in [0, 0.1) is 5.92 Å². The molecule has 1 saturated heterocycles. The van der Waals surface area contributed by atoms with E-state index >= 15 is 0 Å². The van der Waals surface area contributed by atoms with Crippen LogP contribution in [0.5, 0.6) is 0 Å². The lowest BCUT2D eigenvalue weighted by Crippen LogP contribution is -2.37. The maximum atomic E-state index is 11.0. The highest BCUT2D eigenvalue weighted by Crippen LogP contribution is 2.15. The summed E-state index contributed by atoms with van der Waals surface area (Å²) in [6.07, 6.45) is 1.08. The summed E-state index contributed by atoms with van der Waals surface area (Å²) < 4.78 is 10.1. The molecule has 0 spiro atoms. The predicted molar refractivity (Wildman–Crippen MR) is 53.0 cm³/mol. The van der Waals surface area contributed by atoms with Gasteiger partial charge in [-0.15, -0.1) is 0 Å². The van der Waals surface area contributed by atoms with E-state index in [2.05, 4.69) is 12.2 Å². The molecule has 1 aliphatic heterocycles. The van der Waals surface area contributed by atoms with Crippen LogP contribution in [-0.4, -0.2) is 38.4 Å². The van der Waals surface area contributed by atoms with E-state index in [4.69, 9.17) is 9.47 Å². The molecule has 4 nitrogen and oxygen atoms in total. The first-order chi connectivity index (χ1) is 6.74. The van der Waals surface area contributed by atoms with Crippen molar-refractivity contribution in [2.45, 2.75) is 26.3 Å². The van der Waals surface area contributed by atoms with Crippen LogP contribution in [0.25, 0.3) is 0 Å². The highest BCUT2D eigenvalue weighted by molar-refractivity contribution is 5.71. The Kier molecular flexibility index (Phi) is 4.90.